The van der Waals surface area contributed by atoms with Gasteiger partial charge in [-0.2, -0.15) is 10.4 Å². The van der Waals surface area contributed by atoms with E-state index in [4.69, 9.17) is 4.74 Å². The number of fused-ring (bicyclic) bond motifs is 1. The van der Waals surface area contributed by atoms with E-state index in [9.17, 15) is 10.1 Å². The summed E-state index contributed by atoms with van der Waals surface area (Å²) in [5.41, 5.74) is 5.37. The maximum atomic E-state index is 12.9. The van der Waals surface area contributed by atoms with Gasteiger partial charge in [-0.05, 0) is 49.6 Å². The fourth-order valence-corrected chi connectivity index (χ4v) is 4.56. The molecule has 1 saturated heterocycles. The molecule has 36 heavy (non-hydrogen) atoms. The Labute approximate surface area is 209 Å². The number of rotatable bonds is 3. The first kappa shape index (κ1) is 23.6. The number of carbonyl (C=O) groups is 1. The molecule has 184 valence electrons. The topological polar surface area (TPSA) is 100 Å². The van der Waals surface area contributed by atoms with Gasteiger partial charge in [0.1, 0.15) is 23.0 Å². The molecule has 0 bridgehead atoms. The van der Waals surface area contributed by atoms with Crippen LogP contribution in [0.15, 0.2) is 55.0 Å². The molecule has 0 spiro atoms. The molecule has 9 nitrogen and oxygen atoms in total. The summed E-state index contributed by atoms with van der Waals surface area (Å²) in [6, 6.07) is 14.3. The molecule has 1 aliphatic heterocycles. The molecule has 1 aliphatic rings. The van der Waals surface area contributed by atoms with Crippen molar-refractivity contribution in [2.24, 2.45) is 7.05 Å². The first-order valence-corrected chi connectivity index (χ1v) is 11.9. The van der Waals surface area contributed by atoms with Crippen LogP contribution in [0.4, 0.5) is 4.79 Å². The minimum absolute atomic E-state index is 0.132. The lowest BCUT2D eigenvalue weighted by Gasteiger charge is -2.37. The van der Waals surface area contributed by atoms with Gasteiger partial charge >= 0.3 is 6.09 Å². The zero-order valence-electron chi connectivity index (χ0n) is 20.9. The van der Waals surface area contributed by atoms with Crippen LogP contribution in [0, 0.1) is 11.3 Å². The SMILES string of the molecule is Cn1cc(-c2cc(-c3ccc(C4CNCCN4C(=O)OC(C)(C)C)cc3)n3c(C#N)cnc3c2)cn1. The van der Waals surface area contributed by atoms with Crippen molar-refractivity contribution in [1.82, 2.24) is 29.4 Å². The van der Waals surface area contributed by atoms with Crippen LogP contribution in [0.3, 0.4) is 0 Å². The van der Waals surface area contributed by atoms with E-state index in [0.29, 0.717) is 24.4 Å². The summed E-state index contributed by atoms with van der Waals surface area (Å²) in [7, 11) is 1.88. The lowest BCUT2D eigenvalue weighted by Crippen LogP contribution is -2.50. The predicted molar refractivity (Wildman–Crippen MR) is 136 cm³/mol. The van der Waals surface area contributed by atoms with E-state index in [1.165, 1.54) is 0 Å². The third kappa shape index (κ3) is 4.55. The van der Waals surface area contributed by atoms with Gasteiger partial charge in [-0.1, -0.05) is 24.3 Å². The molecule has 9 heteroatoms. The first-order chi connectivity index (χ1) is 17.2. The Morgan fingerprint density at radius 2 is 1.92 bits per heavy atom. The Morgan fingerprint density at radius 1 is 1.14 bits per heavy atom. The second-order valence-corrected chi connectivity index (χ2v) is 10.00. The van der Waals surface area contributed by atoms with Gasteiger partial charge in [-0.15, -0.1) is 0 Å². The summed E-state index contributed by atoms with van der Waals surface area (Å²) < 4.78 is 9.28. The van der Waals surface area contributed by atoms with Crippen molar-refractivity contribution in [3.63, 3.8) is 0 Å². The molecule has 1 amide bonds. The Hall–Kier alpha value is -4.16. The highest BCUT2D eigenvalue weighted by molar-refractivity contribution is 5.76. The summed E-state index contributed by atoms with van der Waals surface area (Å²) in [6.45, 7) is 7.59. The van der Waals surface area contributed by atoms with Gasteiger partial charge in [0.05, 0.1) is 24.1 Å². The molecule has 1 unspecified atom stereocenters. The number of nitrogens with one attached hydrogen (secondary N) is 1. The van der Waals surface area contributed by atoms with E-state index >= 15 is 0 Å². The van der Waals surface area contributed by atoms with Crippen molar-refractivity contribution >= 4 is 11.7 Å². The Bertz CT molecular complexity index is 1450. The summed E-state index contributed by atoms with van der Waals surface area (Å²) in [5, 5.41) is 17.4. The minimum Gasteiger partial charge on any atom is -0.444 e. The average Bonchev–Trinajstić information content (AvgIpc) is 3.48. The third-order valence-electron chi connectivity index (χ3n) is 6.22. The van der Waals surface area contributed by atoms with Gasteiger partial charge in [-0.3, -0.25) is 14.0 Å². The summed E-state index contributed by atoms with van der Waals surface area (Å²) in [6.07, 6.45) is 5.05. The van der Waals surface area contributed by atoms with Gasteiger partial charge in [0.25, 0.3) is 0 Å². The number of aryl methyl sites for hydroxylation is 1. The number of imidazole rings is 1. The fraction of sp³-hybridized carbons (Fsp3) is 0.333. The average molecular weight is 484 g/mol. The molecule has 0 saturated carbocycles. The lowest BCUT2D eigenvalue weighted by molar-refractivity contribution is 0.0118. The Balaban J connectivity index is 1.52. The highest BCUT2D eigenvalue weighted by atomic mass is 16.6. The molecule has 4 aromatic rings. The lowest BCUT2D eigenvalue weighted by atomic mass is 9.99. The number of nitriles is 1. The summed E-state index contributed by atoms with van der Waals surface area (Å²) in [5.74, 6) is 0. The number of carbonyl (C=O) groups excluding carboxylic acids is 1. The highest BCUT2D eigenvalue weighted by Crippen LogP contribution is 2.31. The van der Waals surface area contributed by atoms with Crippen molar-refractivity contribution < 1.29 is 9.53 Å². The third-order valence-corrected chi connectivity index (χ3v) is 6.22. The van der Waals surface area contributed by atoms with Gasteiger partial charge in [0.2, 0.25) is 0 Å². The summed E-state index contributed by atoms with van der Waals surface area (Å²) in [4.78, 5) is 19.1. The van der Waals surface area contributed by atoms with E-state index in [-0.39, 0.29) is 12.1 Å². The number of nitrogens with zero attached hydrogens (tertiary/aromatic N) is 6. The van der Waals surface area contributed by atoms with Gasteiger partial charge in [-0.25, -0.2) is 9.78 Å². The molecular weight excluding hydrogens is 454 g/mol. The molecule has 0 radical (unpaired) electrons. The molecule has 3 aromatic heterocycles. The maximum Gasteiger partial charge on any atom is 0.410 e. The number of hydrogen-bond acceptors (Lipinski definition) is 6. The number of ether oxygens (including phenoxy) is 1. The van der Waals surface area contributed by atoms with E-state index in [2.05, 4.69) is 27.5 Å². The molecule has 4 heterocycles. The molecule has 1 fully saturated rings. The van der Waals surface area contributed by atoms with E-state index in [0.717, 1.165) is 34.5 Å². The van der Waals surface area contributed by atoms with Crippen LogP contribution in [-0.4, -0.2) is 55.4 Å². The van der Waals surface area contributed by atoms with Crippen LogP contribution in [0.1, 0.15) is 38.1 Å². The van der Waals surface area contributed by atoms with E-state index in [1.54, 1.807) is 15.8 Å². The minimum atomic E-state index is -0.551. The second-order valence-electron chi connectivity index (χ2n) is 10.00. The smallest absolute Gasteiger partial charge is 0.410 e. The van der Waals surface area contributed by atoms with Crippen LogP contribution in [0.25, 0.3) is 28.0 Å². The zero-order chi connectivity index (χ0) is 25.4. The molecule has 1 atom stereocenters. The Kier molecular flexibility index (Phi) is 5.98. The molecule has 1 aromatic carbocycles. The van der Waals surface area contributed by atoms with Crippen LogP contribution in [0.2, 0.25) is 0 Å². The molecule has 5 rings (SSSR count). The van der Waals surface area contributed by atoms with Crippen molar-refractivity contribution in [3.05, 3.63) is 66.2 Å². The van der Waals surface area contributed by atoms with Crippen LogP contribution in [0.5, 0.6) is 0 Å². The normalized spacial score (nSPS) is 16.2. The van der Waals surface area contributed by atoms with Gasteiger partial charge in [0.15, 0.2) is 0 Å². The van der Waals surface area contributed by atoms with E-state index in [1.807, 2.05) is 74.9 Å². The van der Waals surface area contributed by atoms with Gasteiger partial charge in [0, 0.05) is 38.4 Å². The highest BCUT2D eigenvalue weighted by Gasteiger charge is 2.31. The van der Waals surface area contributed by atoms with Crippen molar-refractivity contribution in [2.75, 3.05) is 19.6 Å². The predicted octanol–water partition coefficient (Wildman–Crippen LogP) is 4.15. The van der Waals surface area contributed by atoms with Crippen LogP contribution >= 0.6 is 0 Å². The number of piperazine rings is 1. The van der Waals surface area contributed by atoms with Crippen molar-refractivity contribution in [2.45, 2.75) is 32.4 Å². The van der Waals surface area contributed by atoms with E-state index < -0.39 is 5.60 Å². The quantitative estimate of drug-likeness (QED) is 0.470. The van der Waals surface area contributed by atoms with Crippen molar-refractivity contribution in [1.29, 1.82) is 5.26 Å². The number of aromatic nitrogens is 4. The number of hydrogen-bond donors (Lipinski definition) is 1. The molecule has 0 aliphatic carbocycles. The van der Waals surface area contributed by atoms with Crippen LogP contribution < -0.4 is 5.32 Å². The molecular formula is C27H29N7O2. The maximum absolute atomic E-state index is 12.9. The second kappa shape index (κ2) is 9.13. The van der Waals surface area contributed by atoms with Gasteiger partial charge < -0.3 is 10.1 Å². The molecule has 1 N–H and O–H groups in total. The largest absolute Gasteiger partial charge is 0.444 e. The monoisotopic (exact) mass is 483 g/mol. The standard InChI is InChI=1S/C27H29N7O2/c1-27(2,3)36-26(35)33-10-9-29-16-24(33)19-7-5-18(6-8-19)23-11-20(21-14-31-32(4)17-21)12-25-30-15-22(13-28)34(23)25/h5-8,11-12,14-15,17,24,29H,9-10,16H2,1-4H3. The Morgan fingerprint density at radius 3 is 2.58 bits per heavy atom. The first-order valence-electron chi connectivity index (χ1n) is 11.9. The number of benzene rings is 1. The number of amides is 1. The fourth-order valence-electron chi connectivity index (χ4n) is 4.56. The van der Waals surface area contributed by atoms with Crippen LogP contribution in [-0.2, 0) is 11.8 Å². The summed E-state index contributed by atoms with van der Waals surface area (Å²) >= 11 is 0. The zero-order valence-corrected chi connectivity index (χ0v) is 20.9. The number of pyridine rings is 1. The van der Waals surface area contributed by atoms with Crippen molar-refractivity contribution in [3.8, 4) is 28.5 Å².